The molecule has 28 heavy (non-hydrogen) atoms. The molecule has 0 saturated carbocycles. The maximum absolute atomic E-state index is 12.6. The molecule has 3 rings (SSSR count). The summed E-state index contributed by atoms with van der Waals surface area (Å²) in [5.74, 6) is 0.0436. The summed E-state index contributed by atoms with van der Waals surface area (Å²) in [4.78, 5) is 37.8. The summed E-state index contributed by atoms with van der Waals surface area (Å²) >= 11 is 2.99. The third kappa shape index (κ3) is 4.34. The van der Waals surface area contributed by atoms with E-state index < -0.39 is 11.5 Å². The number of carbonyl (C=O) groups is 1. The highest BCUT2D eigenvalue weighted by molar-refractivity contribution is 7.98. The quantitative estimate of drug-likeness (QED) is 0.615. The first-order valence-corrected chi connectivity index (χ1v) is 10.8. The Morgan fingerprint density at radius 3 is 2.43 bits per heavy atom. The number of carbonyl (C=O) groups excluding carboxylic acids is 1. The van der Waals surface area contributed by atoms with E-state index in [9.17, 15) is 9.59 Å². The number of rotatable bonds is 4. The van der Waals surface area contributed by atoms with Crippen LogP contribution in [0.2, 0.25) is 0 Å². The van der Waals surface area contributed by atoms with Crippen molar-refractivity contribution in [1.82, 2.24) is 15.0 Å². The van der Waals surface area contributed by atoms with Gasteiger partial charge in [0.1, 0.15) is 11.4 Å². The number of anilines is 1. The number of aromatic amines is 1. The largest absolute Gasteiger partial charge is 0.309 e. The van der Waals surface area contributed by atoms with Gasteiger partial charge in [-0.3, -0.25) is 14.9 Å². The van der Waals surface area contributed by atoms with Gasteiger partial charge in [-0.05, 0) is 25.3 Å². The van der Waals surface area contributed by atoms with E-state index in [0.29, 0.717) is 16.6 Å². The number of hydrogen-bond acceptors (Lipinski definition) is 6. The van der Waals surface area contributed by atoms with E-state index in [0.717, 1.165) is 11.3 Å². The number of thioether (sulfide) groups is 1. The molecule has 8 heteroatoms. The van der Waals surface area contributed by atoms with Crippen molar-refractivity contribution < 1.29 is 4.79 Å². The van der Waals surface area contributed by atoms with Crippen molar-refractivity contribution in [2.45, 2.75) is 38.0 Å². The molecule has 1 aromatic carbocycles. The van der Waals surface area contributed by atoms with Gasteiger partial charge >= 0.3 is 0 Å². The average molecular weight is 415 g/mol. The SMILES string of the molecule is CSc1ccc(-c2csc(NC(=O)c3c(C)nc(C(C)(C)C)[nH]c3=O)n2)cc1. The number of aryl methyl sites for hydroxylation is 1. The topological polar surface area (TPSA) is 87.7 Å². The summed E-state index contributed by atoms with van der Waals surface area (Å²) in [5.41, 5.74) is 1.40. The van der Waals surface area contributed by atoms with Gasteiger partial charge in [0.15, 0.2) is 5.13 Å². The zero-order chi connectivity index (χ0) is 20.5. The Morgan fingerprint density at radius 2 is 1.86 bits per heavy atom. The number of H-pyrrole nitrogens is 1. The summed E-state index contributed by atoms with van der Waals surface area (Å²) in [6.45, 7) is 7.52. The van der Waals surface area contributed by atoms with Crippen LogP contribution < -0.4 is 10.9 Å². The van der Waals surface area contributed by atoms with E-state index in [-0.39, 0.29) is 11.0 Å². The Balaban J connectivity index is 1.82. The minimum Gasteiger partial charge on any atom is -0.309 e. The smallest absolute Gasteiger partial charge is 0.264 e. The van der Waals surface area contributed by atoms with Gasteiger partial charge in [-0.2, -0.15) is 0 Å². The van der Waals surface area contributed by atoms with E-state index in [1.807, 2.05) is 56.7 Å². The molecule has 0 saturated heterocycles. The maximum Gasteiger partial charge on any atom is 0.264 e. The van der Waals surface area contributed by atoms with Crippen molar-refractivity contribution in [1.29, 1.82) is 0 Å². The molecule has 0 aliphatic rings. The number of nitrogens with zero attached hydrogens (tertiary/aromatic N) is 2. The minimum absolute atomic E-state index is 0.00840. The van der Waals surface area contributed by atoms with Crippen LogP contribution in [0.15, 0.2) is 39.3 Å². The Morgan fingerprint density at radius 1 is 1.18 bits per heavy atom. The molecule has 2 N–H and O–H groups in total. The van der Waals surface area contributed by atoms with Crippen LogP contribution in [0.25, 0.3) is 11.3 Å². The lowest BCUT2D eigenvalue weighted by Crippen LogP contribution is -2.30. The van der Waals surface area contributed by atoms with E-state index in [1.165, 1.54) is 16.2 Å². The van der Waals surface area contributed by atoms with Gasteiger partial charge in [-0.1, -0.05) is 32.9 Å². The molecule has 2 heterocycles. The molecule has 0 atom stereocenters. The molecule has 0 radical (unpaired) electrons. The Hall–Kier alpha value is -2.45. The van der Waals surface area contributed by atoms with Gasteiger partial charge in [-0.15, -0.1) is 23.1 Å². The normalized spacial score (nSPS) is 11.5. The molecular weight excluding hydrogens is 392 g/mol. The third-order valence-electron chi connectivity index (χ3n) is 4.15. The lowest BCUT2D eigenvalue weighted by atomic mass is 9.95. The van der Waals surface area contributed by atoms with E-state index in [2.05, 4.69) is 20.3 Å². The van der Waals surface area contributed by atoms with Crippen molar-refractivity contribution in [3.8, 4) is 11.3 Å². The highest BCUT2D eigenvalue weighted by Gasteiger charge is 2.22. The Labute approximate surface area is 171 Å². The van der Waals surface area contributed by atoms with Crippen molar-refractivity contribution in [3.05, 3.63) is 57.1 Å². The van der Waals surface area contributed by atoms with Gasteiger partial charge in [0.05, 0.1) is 11.4 Å². The predicted octanol–water partition coefficient (Wildman–Crippen LogP) is 4.47. The monoisotopic (exact) mass is 414 g/mol. The Bertz CT molecular complexity index is 1060. The zero-order valence-electron chi connectivity index (χ0n) is 16.4. The van der Waals surface area contributed by atoms with Crippen molar-refractivity contribution in [2.24, 2.45) is 0 Å². The number of hydrogen-bond donors (Lipinski definition) is 2. The fourth-order valence-electron chi connectivity index (χ4n) is 2.59. The fourth-order valence-corrected chi connectivity index (χ4v) is 3.72. The minimum atomic E-state index is -0.509. The molecular formula is C20H22N4O2S2. The third-order valence-corrected chi connectivity index (χ3v) is 5.65. The van der Waals surface area contributed by atoms with Gasteiger partial charge in [-0.25, -0.2) is 9.97 Å². The number of amides is 1. The van der Waals surface area contributed by atoms with Crippen LogP contribution in [-0.2, 0) is 5.41 Å². The molecule has 0 bridgehead atoms. The van der Waals surface area contributed by atoms with Crippen LogP contribution in [0.5, 0.6) is 0 Å². The molecule has 3 aromatic rings. The molecule has 0 unspecified atom stereocenters. The van der Waals surface area contributed by atoms with Crippen LogP contribution in [0, 0.1) is 6.92 Å². The average Bonchev–Trinajstić information content (AvgIpc) is 3.08. The zero-order valence-corrected chi connectivity index (χ0v) is 18.0. The summed E-state index contributed by atoms with van der Waals surface area (Å²) < 4.78 is 0. The standard InChI is InChI=1S/C20H22N4O2S2/c1-11-15(16(25)23-18(21-11)20(2,3)4)17(26)24-19-22-14(10-28-19)12-6-8-13(27-5)9-7-12/h6-10H,1-5H3,(H,21,23,25)(H,22,24,26). The summed E-state index contributed by atoms with van der Waals surface area (Å²) in [6, 6.07) is 8.05. The lowest BCUT2D eigenvalue weighted by molar-refractivity contribution is 0.102. The van der Waals surface area contributed by atoms with Gasteiger partial charge < -0.3 is 4.98 Å². The fraction of sp³-hybridized carbons (Fsp3) is 0.300. The predicted molar refractivity (Wildman–Crippen MR) is 116 cm³/mol. The number of nitrogens with one attached hydrogen (secondary N) is 2. The van der Waals surface area contributed by atoms with Crippen LogP contribution >= 0.6 is 23.1 Å². The van der Waals surface area contributed by atoms with Gasteiger partial charge in [0.25, 0.3) is 11.5 Å². The molecule has 1 amide bonds. The maximum atomic E-state index is 12.6. The second-order valence-corrected chi connectivity index (χ2v) is 9.08. The van der Waals surface area contributed by atoms with E-state index >= 15 is 0 Å². The molecule has 146 valence electrons. The Kier molecular flexibility index (Phi) is 5.71. The van der Waals surface area contributed by atoms with E-state index in [1.54, 1.807) is 18.7 Å². The molecule has 0 aliphatic heterocycles. The molecule has 0 aliphatic carbocycles. The molecule has 0 fully saturated rings. The number of aromatic nitrogens is 3. The van der Waals surface area contributed by atoms with Crippen LogP contribution in [0.4, 0.5) is 5.13 Å². The summed E-state index contributed by atoms with van der Waals surface area (Å²) in [6.07, 6.45) is 2.03. The van der Waals surface area contributed by atoms with E-state index in [4.69, 9.17) is 0 Å². The number of benzene rings is 1. The first-order chi connectivity index (χ1) is 13.2. The highest BCUT2D eigenvalue weighted by atomic mass is 32.2. The highest BCUT2D eigenvalue weighted by Crippen LogP contribution is 2.27. The first-order valence-electron chi connectivity index (χ1n) is 8.71. The second-order valence-electron chi connectivity index (χ2n) is 7.35. The van der Waals surface area contributed by atoms with Crippen molar-refractivity contribution in [3.63, 3.8) is 0 Å². The van der Waals surface area contributed by atoms with Crippen LogP contribution in [-0.4, -0.2) is 27.1 Å². The van der Waals surface area contributed by atoms with Gasteiger partial charge in [0, 0.05) is 21.3 Å². The van der Waals surface area contributed by atoms with Gasteiger partial charge in [0.2, 0.25) is 0 Å². The van der Waals surface area contributed by atoms with Crippen molar-refractivity contribution >= 4 is 34.1 Å². The first kappa shape index (κ1) is 20.3. The number of thiazole rings is 1. The van der Waals surface area contributed by atoms with Crippen LogP contribution in [0.1, 0.15) is 42.6 Å². The second kappa shape index (κ2) is 7.89. The summed E-state index contributed by atoms with van der Waals surface area (Å²) in [5, 5.41) is 5.03. The lowest BCUT2D eigenvalue weighted by Gasteiger charge is -2.18. The summed E-state index contributed by atoms with van der Waals surface area (Å²) in [7, 11) is 0. The molecule has 0 spiro atoms. The van der Waals surface area contributed by atoms with Crippen molar-refractivity contribution in [2.75, 3.05) is 11.6 Å². The molecule has 2 aromatic heterocycles. The molecule has 6 nitrogen and oxygen atoms in total. The van der Waals surface area contributed by atoms with Crippen LogP contribution in [0.3, 0.4) is 0 Å².